The molecule has 0 aromatic heterocycles. The van der Waals surface area contributed by atoms with Crippen molar-refractivity contribution in [3.05, 3.63) is 101 Å². The van der Waals surface area contributed by atoms with Crippen LogP contribution >= 0.6 is 0 Å². The van der Waals surface area contributed by atoms with Gasteiger partial charge in [-0.05, 0) is 41.8 Å². The van der Waals surface area contributed by atoms with E-state index in [1.807, 2.05) is 48.5 Å². The molecule has 1 atom stereocenters. The first-order valence-corrected chi connectivity index (χ1v) is 9.42. The molecule has 1 aliphatic heterocycles. The molecule has 0 radical (unpaired) electrons. The Morgan fingerprint density at radius 3 is 2.37 bits per heavy atom. The zero-order valence-electron chi connectivity index (χ0n) is 16.3. The van der Waals surface area contributed by atoms with Crippen LogP contribution in [0.3, 0.4) is 0 Å². The Balaban J connectivity index is 1.82. The number of aliphatic hydroxyl groups is 1. The fourth-order valence-electron chi connectivity index (χ4n) is 3.45. The second-order valence-corrected chi connectivity index (χ2v) is 6.93. The molecule has 0 unspecified atom stereocenters. The number of benzene rings is 3. The smallest absolute Gasteiger partial charge is 0.337 e. The highest BCUT2D eigenvalue weighted by Crippen LogP contribution is 2.41. The van der Waals surface area contributed by atoms with Gasteiger partial charge in [-0.15, -0.1) is 0 Å². The number of rotatable bonds is 3. The fourth-order valence-corrected chi connectivity index (χ4v) is 3.45. The first-order chi connectivity index (χ1) is 14.5. The number of esters is 1. The van der Waals surface area contributed by atoms with Crippen molar-refractivity contribution in [3.63, 3.8) is 0 Å². The molecule has 1 amide bonds. The third kappa shape index (κ3) is 3.45. The summed E-state index contributed by atoms with van der Waals surface area (Å²) in [6, 6.07) is 23.3. The summed E-state index contributed by atoms with van der Waals surface area (Å²) in [7, 11) is 1.28. The summed E-state index contributed by atoms with van der Waals surface area (Å²) in [4.78, 5) is 26.8. The molecule has 0 aliphatic carbocycles. The Labute approximate surface area is 174 Å². The summed E-state index contributed by atoms with van der Waals surface area (Å²) < 4.78 is 4.79. The number of hydrogen-bond acceptors (Lipinski definition) is 4. The second-order valence-electron chi connectivity index (χ2n) is 6.93. The lowest BCUT2D eigenvalue weighted by molar-refractivity contribution is -0.130. The maximum absolute atomic E-state index is 13.3. The topological polar surface area (TPSA) is 66.8 Å². The first kappa shape index (κ1) is 19.4. The maximum atomic E-state index is 13.3. The van der Waals surface area contributed by atoms with E-state index < -0.39 is 17.5 Å². The number of carbonyl (C=O) groups excluding carboxylic acids is 2. The van der Waals surface area contributed by atoms with Crippen LogP contribution in [0.5, 0.6) is 0 Å². The highest BCUT2D eigenvalue weighted by Gasteiger charge is 2.49. The molecule has 0 saturated carbocycles. The van der Waals surface area contributed by atoms with Crippen LogP contribution in [0.1, 0.15) is 27.0 Å². The Hall–Kier alpha value is -3.88. The predicted octanol–water partition coefficient (Wildman–Crippen LogP) is 3.26. The Kier molecular flexibility index (Phi) is 5.09. The average molecular weight is 397 g/mol. The molecule has 1 heterocycles. The lowest BCUT2D eigenvalue weighted by Gasteiger charge is -2.19. The van der Waals surface area contributed by atoms with Gasteiger partial charge in [-0.1, -0.05) is 54.5 Å². The van der Waals surface area contributed by atoms with Gasteiger partial charge in [0.15, 0.2) is 0 Å². The number of methoxy groups -OCH3 is 1. The fraction of sp³-hybridized carbons (Fsp3) is 0.120. The van der Waals surface area contributed by atoms with Crippen molar-refractivity contribution < 1.29 is 19.4 Å². The van der Waals surface area contributed by atoms with Crippen molar-refractivity contribution in [1.82, 2.24) is 0 Å². The van der Waals surface area contributed by atoms with Crippen molar-refractivity contribution in [1.29, 1.82) is 0 Å². The summed E-state index contributed by atoms with van der Waals surface area (Å²) in [6.07, 6.45) is 0. The largest absolute Gasteiger partial charge is 0.465 e. The number of anilines is 1. The molecule has 3 aromatic carbocycles. The maximum Gasteiger partial charge on any atom is 0.337 e. The minimum atomic E-state index is -2.07. The van der Waals surface area contributed by atoms with Gasteiger partial charge in [0.2, 0.25) is 5.60 Å². The summed E-state index contributed by atoms with van der Waals surface area (Å²) >= 11 is 0. The molecule has 0 saturated heterocycles. The molecule has 1 N–H and O–H groups in total. The SMILES string of the molecule is COC(=O)c1ccc2c(c1)[C@@](O)(C#Cc1ccccc1)C(=O)N2Cc1ccccc1. The Morgan fingerprint density at radius 1 is 1.03 bits per heavy atom. The van der Waals surface area contributed by atoms with Crippen molar-refractivity contribution in [3.8, 4) is 11.8 Å². The van der Waals surface area contributed by atoms with E-state index in [0.29, 0.717) is 11.3 Å². The summed E-state index contributed by atoms with van der Waals surface area (Å²) in [5, 5.41) is 11.4. The van der Waals surface area contributed by atoms with Gasteiger partial charge in [-0.3, -0.25) is 4.79 Å². The lowest BCUT2D eigenvalue weighted by Crippen LogP contribution is -2.39. The molecule has 5 heteroatoms. The molecule has 0 spiro atoms. The molecule has 0 bridgehead atoms. The predicted molar refractivity (Wildman–Crippen MR) is 113 cm³/mol. The average Bonchev–Trinajstić information content (AvgIpc) is 3.00. The van der Waals surface area contributed by atoms with Gasteiger partial charge in [-0.25, -0.2) is 4.79 Å². The minimum absolute atomic E-state index is 0.241. The van der Waals surface area contributed by atoms with Crippen LogP contribution in [0.15, 0.2) is 78.9 Å². The second kappa shape index (κ2) is 7.86. The van der Waals surface area contributed by atoms with E-state index in [1.54, 1.807) is 24.3 Å². The molecule has 148 valence electrons. The van der Waals surface area contributed by atoms with Crippen molar-refractivity contribution in [2.45, 2.75) is 12.1 Å². The van der Waals surface area contributed by atoms with Crippen LogP contribution in [0.25, 0.3) is 0 Å². The van der Waals surface area contributed by atoms with E-state index >= 15 is 0 Å². The molecule has 4 rings (SSSR count). The number of fused-ring (bicyclic) bond motifs is 1. The van der Waals surface area contributed by atoms with Gasteiger partial charge in [0.25, 0.3) is 5.91 Å². The van der Waals surface area contributed by atoms with Gasteiger partial charge in [0.1, 0.15) is 0 Å². The normalized spacial score (nSPS) is 17.1. The standard InChI is InChI=1S/C25H19NO4/c1-30-23(27)20-12-13-22-21(16-20)25(29,15-14-18-8-4-2-5-9-18)24(28)26(22)17-19-10-6-3-7-11-19/h2-13,16,29H,17H2,1H3/t25-/m0/s1. The van der Waals surface area contributed by atoms with Crippen LogP contribution in [-0.2, 0) is 21.7 Å². The van der Waals surface area contributed by atoms with Gasteiger partial charge >= 0.3 is 5.97 Å². The summed E-state index contributed by atoms with van der Waals surface area (Å²) in [6.45, 7) is 0.277. The molecule has 1 aliphatic rings. The number of carbonyl (C=O) groups is 2. The summed E-state index contributed by atoms with van der Waals surface area (Å²) in [5.74, 6) is 4.52. The molecule has 5 nitrogen and oxygen atoms in total. The van der Waals surface area contributed by atoms with E-state index in [4.69, 9.17) is 4.74 Å². The molecule has 0 fully saturated rings. The third-order valence-corrected chi connectivity index (χ3v) is 5.00. The van der Waals surface area contributed by atoms with Crippen molar-refractivity contribution in [2.75, 3.05) is 12.0 Å². The number of amides is 1. The van der Waals surface area contributed by atoms with E-state index in [2.05, 4.69) is 11.8 Å². The van der Waals surface area contributed by atoms with E-state index in [-0.39, 0.29) is 17.7 Å². The first-order valence-electron chi connectivity index (χ1n) is 9.42. The van der Waals surface area contributed by atoms with Crippen LogP contribution in [0.2, 0.25) is 0 Å². The van der Waals surface area contributed by atoms with Crippen LogP contribution in [0, 0.1) is 11.8 Å². The van der Waals surface area contributed by atoms with E-state index in [9.17, 15) is 14.7 Å². The molecular weight excluding hydrogens is 378 g/mol. The molecular formula is C25H19NO4. The third-order valence-electron chi connectivity index (χ3n) is 5.00. The zero-order chi connectivity index (χ0) is 21.1. The lowest BCUT2D eigenvalue weighted by atomic mass is 9.94. The molecule has 30 heavy (non-hydrogen) atoms. The van der Waals surface area contributed by atoms with Gasteiger partial charge in [-0.2, -0.15) is 0 Å². The molecule has 3 aromatic rings. The van der Waals surface area contributed by atoms with Gasteiger partial charge in [0.05, 0.1) is 24.9 Å². The van der Waals surface area contributed by atoms with Gasteiger partial charge in [0, 0.05) is 11.1 Å². The van der Waals surface area contributed by atoms with Crippen LogP contribution in [0.4, 0.5) is 5.69 Å². The highest BCUT2D eigenvalue weighted by molar-refractivity contribution is 6.09. The van der Waals surface area contributed by atoms with E-state index in [0.717, 1.165) is 5.56 Å². The minimum Gasteiger partial charge on any atom is -0.465 e. The monoisotopic (exact) mass is 397 g/mol. The van der Waals surface area contributed by atoms with Crippen molar-refractivity contribution in [2.24, 2.45) is 0 Å². The Morgan fingerprint density at radius 2 is 1.70 bits per heavy atom. The van der Waals surface area contributed by atoms with Crippen LogP contribution < -0.4 is 4.90 Å². The zero-order valence-corrected chi connectivity index (χ0v) is 16.3. The Bertz CT molecular complexity index is 1160. The number of ether oxygens (including phenoxy) is 1. The van der Waals surface area contributed by atoms with Gasteiger partial charge < -0.3 is 14.7 Å². The quantitative estimate of drug-likeness (QED) is 0.544. The number of nitrogens with zero attached hydrogens (tertiary/aromatic N) is 1. The van der Waals surface area contributed by atoms with Crippen molar-refractivity contribution >= 4 is 17.6 Å². The summed E-state index contributed by atoms with van der Waals surface area (Å²) in [5.41, 5.74) is 0.547. The number of hydrogen-bond donors (Lipinski definition) is 1. The van der Waals surface area contributed by atoms with E-state index in [1.165, 1.54) is 18.1 Å². The van der Waals surface area contributed by atoms with Crippen LogP contribution in [-0.4, -0.2) is 24.1 Å². The highest BCUT2D eigenvalue weighted by atomic mass is 16.5.